The molecule has 0 radical (unpaired) electrons. The summed E-state index contributed by atoms with van der Waals surface area (Å²) in [6, 6.07) is 12.9. The van der Waals surface area contributed by atoms with E-state index in [1.54, 1.807) is 36.4 Å². The van der Waals surface area contributed by atoms with Crippen LogP contribution in [0.5, 0.6) is 11.5 Å². The molecule has 2 aromatic rings. The molecule has 0 atom stereocenters. The molecule has 2 rings (SSSR count). The molecule has 0 aliphatic carbocycles. The van der Waals surface area contributed by atoms with Crippen LogP contribution in [0.1, 0.15) is 10.4 Å². The minimum absolute atomic E-state index is 0.206. The zero-order valence-electron chi connectivity index (χ0n) is 9.87. The van der Waals surface area contributed by atoms with Crippen LogP contribution in [-0.4, -0.2) is 17.5 Å². The molecule has 5 heteroatoms. The SMILES string of the molecule is O=CNc1ccc(Oc2ccc(C(=O)O)cc2)cc1. The topological polar surface area (TPSA) is 75.6 Å². The number of carboxylic acid groups (broad SMARTS) is 1. The number of nitrogens with one attached hydrogen (secondary N) is 1. The van der Waals surface area contributed by atoms with Gasteiger partial charge in [0.25, 0.3) is 0 Å². The van der Waals surface area contributed by atoms with Gasteiger partial charge in [-0.1, -0.05) is 0 Å². The quantitative estimate of drug-likeness (QED) is 0.807. The van der Waals surface area contributed by atoms with Gasteiger partial charge in [-0.25, -0.2) is 4.79 Å². The second kappa shape index (κ2) is 5.68. The molecule has 0 unspecified atom stereocenters. The third kappa shape index (κ3) is 3.32. The Morgan fingerprint density at radius 3 is 2.00 bits per heavy atom. The molecule has 1 amide bonds. The summed E-state index contributed by atoms with van der Waals surface area (Å²) in [7, 11) is 0. The largest absolute Gasteiger partial charge is 0.478 e. The standard InChI is InChI=1S/C14H11NO4/c16-9-15-11-3-7-13(8-4-11)19-12-5-1-10(2-6-12)14(17)18/h1-9H,(H,15,16)(H,17,18). The Balaban J connectivity index is 2.07. The maximum absolute atomic E-state index is 10.7. The van der Waals surface area contributed by atoms with E-state index in [4.69, 9.17) is 9.84 Å². The van der Waals surface area contributed by atoms with Crippen molar-refractivity contribution in [2.45, 2.75) is 0 Å². The van der Waals surface area contributed by atoms with Gasteiger partial charge in [0.15, 0.2) is 0 Å². The number of hydrogen-bond donors (Lipinski definition) is 2. The predicted molar refractivity (Wildman–Crippen MR) is 69.6 cm³/mol. The smallest absolute Gasteiger partial charge is 0.335 e. The first-order chi connectivity index (χ1) is 9.19. The van der Waals surface area contributed by atoms with Gasteiger partial charge in [0.05, 0.1) is 5.56 Å². The Morgan fingerprint density at radius 1 is 1.00 bits per heavy atom. The number of rotatable bonds is 5. The third-order valence-electron chi connectivity index (χ3n) is 2.42. The molecule has 0 aliphatic rings. The van der Waals surface area contributed by atoms with Crippen molar-refractivity contribution in [3.8, 4) is 11.5 Å². The molecule has 0 bridgehead atoms. The fraction of sp³-hybridized carbons (Fsp3) is 0. The van der Waals surface area contributed by atoms with E-state index in [1.807, 2.05) is 0 Å². The van der Waals surface area contributed by atoms with Gasteiger partial charge < -0.3 is 15.2 Å². The Kier molecular flexibility index (Phi) is 3.78. The van der Waals surface area contributed by atoms with Crippen molar-refractivity contribution >= 4 is 18.1 Å². The lowest BCUT2D eigenvalue weighted by Crippen LogP contribution is -1.95. The van der Waals surface area contributed by atoms with Crippen LogP contribution in [0.3, 0.4) is 0 Å². The van der Waals surface area contributed by atoms with Crippen LogP contribution in [0, 0.1) is 0 Å². The molecule has 0 saturated heterocycles. The number of carboxylic acids is 1. The fourth-order valence-electron chi connectivity index (χ4n) is 1.49. The van der Waals surface area contributed by atoms with Crippen molar-refractivity contribution in [3.05, 3.63) is 54.1 Å². The van der Waals surface area contributed by atoms with Crippen molar-refractivity contribution in [2.75, 3.05) is 5.32 Å². The van der Waals surface area contributed by atoms with Crippen LogP contribution < -0.4 is 10.1 Å². The molecular formula is C14H11NO4. The van der Waals surface area contributed by atoms with Gasteiger partial charge >= 0.3 is 5.97 Å². The molecule has 2 aromatic carbocycles. The molecule has 0 heterocycles. The molecule has 19 heavy (non-hydrogen) atoms. The van der Waals surface area contributed by atoms with E-state index in [0.29, 0.717) is 23.6 Å². The average molecular weight is 257 g/mol. The highest BCUT2D eigenvalue weighted by Crippen LogP contribution is 2.23. The number of ether oxygens (including phenoxy) is 1. The Morgan fingerprint density at radius 2 is 1.53 bits per heavy atom. The molecule has 0 saturated carbocycles. The molecule has 96 valence electrons. The number of carbonyl (C=O) groups excluding carboxylic acids is 1. The average Bonchev–Trinajstić information content (AvgIpc) is 2.42. The zero-order chi connectivity index (χ0) is 13.7. The second-order valence-electron chi connectivity index (χ2n) is 3.72. The first-order valence-electron chi connectivity index (χ1n) is 5.50. The van der Waals surface area contributed by atoms with Crippen LogP contribution in [-0.2, 0) is 4.79 Å². The van der Waals surface area contributed by atoms with Gasteiger partial charge in [0.1, 0.15) is 11.5 Å². The fourth-order valence-corrected chi connectivity index (χ4v) is 1.49. The Hall–Kier alpha value is -2.82. The van der Waals surface area contributed by atoms with E-state index in [2.05, 4.69) is 5.32 Å². The van der Waals surface area contributed by atoms with Crippen molar-refractivity contribution in [1.82, 2.24) is 0 Å². The van der Waals surface area contributed by atoms with Gasteiger partial charge in [-0.05, 0) is 48.5 Å². The summed E-state index contributed by atoms with van der Waals surface area (Å²) in [5.41, 5.74) is 0.876. The summed E-state index contributed by atoms with van der Waals surface area (Å²) in [6.45, 7) is 0. The van der Waals surface area contributed by atoms with Crippen molar-refractivity contribution < 1.29 is 19.4 Å². The van der Waals surface area contributed by atoms with Crippen molar-refractivity contribution in [3.63, 3.8) is 0 Å². The van der Waals surface area contributed by atoms with E-state index in [1.165, 1.54) is 12.1 Å². The Bertz CT molecular complexity index is 575. The number of carbonyl (C=O) groups is 2. The number of amides is 1. The molecule has 0 spiro atoms. The summed E-state index contributed by atoms with van der Waals surface area (Å²) in [5, 5.41) is 11.3. The first-order valence-corrected chi connectivity index (χ1v) is 5.50. The number of aromatic carboxylic acids is 1. The van der Waals surface area contributed by atoms with Crippen LogP contribution in [0.4, 0.5) is 5.69 Å². The van der Waals surface area contributed by atoms with Crippen LogP contribution in [0.25, 0.3) is 0 Å². The zero-order valence-corrected chi connectivity index (χ0v) is 9.87. The molecule has 0 aromatic heterocycles. The van der Waals surface area contributed by atoms with E-state index in [9.17, 15) is 9.59 Å². The second-order valence-corrected chi connectivity index (χ2v) is 3.72. The maximum atomic E-state index is 10.7. The van der Waals surface area contributed by atoms with Gasteiger partial charge in [0.2, 0.25) is 6.41 Å². The lowest BCUT2D eigenvalue weighted by molar-refractivity contribution is -0.105. The van der Waals surface area contributed by atoms with Gasteiger partial charge in [-0.3, -0.25) is 4.79 Å². The number of anilines is 1. The normalized spacial score (nSPS) is 9.68. The molecular weight excluding hydrogens is 246 g/mol. The van der Waals surface area contributed by atoms with Crippen LogP contribution in [0.2, 0.25) is 0 Å². The summed E-state index contributed by atoms with van der Waals surface area (Å²) in [4.78, 5) is 20.9. The van der Waals surface area contributed by atoms with E-state index in [0.717, 1.165) is 0 Å². The molecule has 0 fully saturated rings. The minimum atomic E-state index is -0.976. The predicted octanol–water partition coefficient (Wildman–Crippen LogP) is 2.75. The maximum Gasteiger partial charge on any atom is 0.335 e. The first kappa shape index (κ1) is 12.6. The minimum Gasteiger partial charge on any atom is -0.478 e. The summed E-state index contributed by atoms with van der Waals surface area (Å²) < 4.78 is 5.54. The van der Waals surface area contributed by atoms with Gasteiger partial charge in [-0.2, -0.15) is 0 Å². The summed E-state index contributed by atoms with van der Waals surface area (Å²) in [6.07, 6.45) is 0.598. The monoisotopic (exact) mass is 257 g/mol. The van der Waals surface area contributed by atoms with E-state index in [-0.39, 0.29) is 5.56 Å². The number of benzene rings is 2. The van der Waals surface area contributed by atoms with Crippen LogP contribution >= 0.6 is 0 Å². The summed E-state index contributed by atoms with van der Waals surface area (Å²) >= 11 is 0. The van der Waals surface area contributed by atoms with E-state index >= 15 is 0 Å². The molecule has 2 N–H and O–H groups in total. The highest BCUT2D eigenvalue weighted by Gasteiger charge is 2.03. The lowest BCUT2D eigenvalue weighted by atomic mass is 10.2. The highest BCUT2D eigenvalue weighted by molar-refractivity contribution is 5.87. The van der Waals surface area contributed by atoms with Crippen molar-refractivity contribution in [2.24, 2.45) is 0 Å². The lowest BCUT2D eigenvalue weighted by Gasteiger charge is -2.06. The van der Waals surface area contributed by atoms with Gasteiger partial charge in [-0.15, -0.1) is 0 Å². The van der Waals surface area contributed by atoms with Crippen molar-refractivity contribution in [1.29, 1.82) is 0 Å². The highest BCUT2D eigenvalue weighted by atomic mass is 16.5. The Labute approximate surface area is 109 Å². The molecule has 0 aliphatic heterocycles. The molecule has 5 nitrogen and oxygen atoms in total. The van der Waals surface area contributed by atoms with Gasteiger partial charge in [0, 0.05) is 5.69 Å². The summed E-state index contributed by atoms with van der Waals surface area (Å²) in [5.74, 6) is 0.163. The third-order valence-corrected chi connectivity index (χ3v) is 2.42. The van der Waals surface area contributed by atoms with E-state index < -0.39 is 5.97 Å². The van der Waals surface area contributed by atoms with Crippen LogP contribution in [0.15, 0.2) is 48.5 Å². The number of hydrogen-bond acceptors (Lipinski definition) is 3.